The van der Waals surface area contributed by atoms with Gasteiger partial charge in [-0.1, -0.05) is 23.2 Å². The molecule has 0 saturated heterocycles. The van der Waals surface area contributed by atoms with Crippen LogP contribution in [0.5, 0.6) is 5.88 Å². The van der Waals surface area contributed by atoms with Crippen molar-refractivity contribution < 1.29 is 5.11 Å². The first kappa shape index (κ1) is 11.8. The zero-order valence-electron chi connectivity index (χ0n) is 8.37. The molecule has 0 bridgehead atoms. The fourth-order valence-corrected chi connectivity index (χ4v) is 1.51. The number of anilines is 2. The number of aromatic hydroxyl groups is 1. The Bertz CT molecular complexity index is 613. The van der Waals surface area contributed by atoms with E-state index in [0.29, 0.717) is 15.7 Å². The minimum Gasteiger partial charge on any atom is -0.493 e. The Morgan fingerprint density at radius 1 is 1.24 bits per heavy atom. The Balaban J connectivity index is 2.31. The largest absolute Gasteiger partial charge is 0.493 e. The van der Waals surface area contributed by atoms with Gasteiger partial charge in [-0.25, -0.2) is 0 Å². The summed E-state index contributed by atoms with van der Waals surface area (Å²) in [4.78, 5) is 17.2. The van der Waals surface area contributed by atoms with Crippen LogP contribution >= 0.6 is 23.2 Å². The van der Waals surface area contributed by atoms with Gasteiger partial charge in [0.2, 0.25) is 11.8 Å². The molecule has 0 aliphatic heterocycles. The van der Waals surface area contributed by atoms with Gasteiger partial charge in [0.1, 0.15) is 0 Å². The summed E-state index contributed by atoms with van der Waals surface area (Å²) in [5.74, 6) is -0.246. The van der Waals surface area contributed by atoms with Crippen molar-refractivity contribution in [1.29, 1.82) is 0 Å². The second-order valence-corrected chi connectivity index (χ2v) is 4.02. The Hall–Kier alpha value is -1.72. The first-order valence-electron chi connectivity index (χ1n) is 4.57. The number of halogens is 2. The minimum atomic E-state index is -0.458. The van der Waals surface area contributed by atoms with E-state index in [0.717, 1.165) is 6.07 Å². The highest BCUT2D eigenvalue weighted by Crippen LogP contribution is 2.26. The quantitative estimate of drug-likeness (QED) is 0.785. The van der Waals surface area contributed by atoms with Crippen molar-refractivity contribution in [2.24, 2.45) is 0 Å². The molecule has 88 valence electrons. The summed E-state index contributed by atoms with van der Waals surface area (Å²) in [6.45, 7) is 0. The van der Waals surface area contributed by atoms with E-state index < -0.39 is 5.56 Å². The summed E-state index contributed by atoms with van der Waals surface area (Å²) in [6, 6.07) is 5.82. The molecule has 0 amide bonds. The molecule has 2 rings (SSSR count). The van der Waals surface area contributed by atoms with Gasteiger partial charge in [0.05, 0.1) is 16.1 Å². The van der Waals surface area contributed by atoms with Gasteiger partial charge in [0.25, 0.3) is 5.56 Å². The monoisotopic (exact) mass is 271 g/mol. The van der Waals surface area contributed by atoms with Crippen LogP contribution < -0.4 is 10.9 Å². The molecule has 0 unspecified atom stereocenters. The highest BCUT2D eigenvalue weighted by molar-refractivity contribution is 6.42. The van der Waals surface area contributed by atoms with E-state index in [9.17, 15) is 4.79 Å². The van der Waals surface area contributed by atoms with Crippen LogP contribution in [-0.4, -0.2) is 15.1 Å². The van der Waals surface area contributed by atoms with Crippen molar-refractivity contribution in [3.63, 3.8) is 0 Å². The number of nitrogens with one attached hydrogen (secondary N) is 2. The topological polar surface area (TPSA) is 78.0 Å². The van der Waals surface area contributed by atoms with Gasteiger partial charge in [-0.3, -0.25) is 9.78 Å². The van der Waals surface area contributed by atoms with Gasteiger partial charge in [0.15, 0.2) is 0 Å². The molecule has 0 fully saturated rings. The van der Waals surface area contributed by atoms with Crippen molar-refractivity contribution >= 4 is 34.8 Å². The predicted octanol–water partition coefficient (Wildman–Crippen LogP) is 2.53. The lowest BCUT2D eigenvalue weighted by Crippen LogP contribution is -2.08. The predicted molar refractivity (Wildman–Crippen MR) is 66.3 cm³/mol. The molecule has 3 N–H and O–H groups in total. The molecule has 0 aliphatic carbocycles. The Morgan fingerprint density at radius 2 is 2.00 bits per heavy atom. The first-order chi connectivity index (χ1) is 8.04. The third-order valence-corrected chi connectivity index (χ3v) is 2.65. The highest BCUT2D eigenvalue weighted by atomic mass is 35.5. The van der Waals surface area contributed by atoms with Gasteiger partial charge in [-0.15, -0.1) is 0 Å². The van der Waals surface area contributed by atoms with Crippen LogP contribution in [0.4, 0.5) is 11.6 Å². The molecule has 1 aromatic heterocycles. The van der Waals surface area contributed by atoms with E-state index in [1.807, 2.05) is 0 Å². The number of H-pyrrole nitrogens is 1. The van der Waals surface area contributed by atoms with E-state index >= 15 is 0 Å². The molecule has 2 aromatic rings. The fraction of sp³-hybridized carbons (Fsp3) is 0. The molecule has 7 heteroatoms. The molecule has 1 heterocycles. The Kier molecular flexibility index (Phi) is 3.21. The second kappa shape index (κ2) is 4.65. The smallest absolute Gasteiger partial charge is 0.256 e. The van der Waals surface area contributed by atoms with Crippen molar-refractivity contribution in [3.05, 3.63) is 44.7 Å². The summed E-state index contributed by atoms with van der Waals surface area (Å²) in [5, 5.41) is 12.7. The third-order valence-electron chi connectivity index (χ3n) is 1.91. The standard InChI is InChI=1S/C10H7Cl2N3O2/c11-6-2-1-5(3-7(6)12)13-10-14-8(16)4-9(17)15-10/h1-4H,(H3,13,14,15,16,17). The SMILES string of the molecule is O=c1cc(O)nc(Nc2ccc(Cl)c(Cl)c2)[nH]1. The number of hydrogen-bond donors (Lipinski definition) is 3. The third kappa shape index (κ3) is 2.89. The van der Waals surface area contributed by atoms with Crippen LogP contribution in [0.1, 0.15) is 0 Å². The number of aromatic nitrogens is 2. The molecular formula is C10H7Cl2N3O2. The lowest BCUT2D eigenvalue weighted by Gasteiger charge is -2.06. The van der Waals surface area contributed by atoms with Crippen LogP contribution in [-0.2, 0) is 0 Å². The van der Waals surface area contributed by atoms with Gasteiger partial charge < -0.3 is 10.4 Å². The van der Waals surface area contributed by atoms with E-state index in [2.05, 4.69) is 15.3 Å². The van der Waals surface area contributed by atoms with Gasteiger partial charge in [-0.05, 0) is 18.2 Å². The van der Waals surface area contributed by atoms with Gasteiger partial charge in [-0.2, -0.15) is 4.98 Å². The molecule has 1 aromatic carbocycles. The van der Waals surface area contributed by atoms with Crippen LogP contribution in [0.3, 0.4) is 0 Å². The summed E-state index contributed by atoms with van der Waals surface area (Å²) >= 11 is 11.6. The highest BCUT2D eigenvalue weighted by Gasteiger charge is 2.03. The normalized spacial score (nSPS) is 10.2. The number of nitrogens with zero attached hydrogens (tertiary/aromatic N) is 1. The van der Waals surface area contributed by atoms with E-state index in [4.69, 9.17) is 28.3 Å². The number of rotatable bonds is 2. The average Bonchev–Trinajstić information content (AvgIpc) is 2.22. The summed E-state index contributed by atoms with van der Waals surface area (Å²) in [5.41, 5.74) is 0.133. The van der Waals surface area contributed by atoms with Crippen LogP contribution in [0.2, 0.25) is 10.0 Å². The number of hydrogen-bond acceptors (Lipinski definition) is 4. The Labute approximate surface area is 106 Å². The Morgan fingerprint density at radius 3 is 2.65 bits per heavy atom. The zero-order valence-corrected chi connectivity index (χ0v) is 9.88. The zero-order chi connectivity index (χ0) is 12.4. The van der Waals surface area contributed by atoms with Crippen LogP contribution in [0.25, 0.3) is 0 Å². The maximum atomic E-state index is 11.1. The maximum Gasteiger partial charge on any atom is 0.256 e. The van der Waals surface area contributed by atoms with E-state index in [-0.39, 0.29) is 11.8 Å². The second-order valence-electron chi connectivity index (χ2n) is 3.21. The minimum absolute atomic E-state index is 0.119. The lowest BCUT2D eigenvalue weighted by atomic mass is 10.3. The van der Waals surface area contributed by atoms with Gasteiger partial charge in [0, 0.05) is 5.69 Å². The number of aromatic amines is 1. The van der Waals surface area contributed by atoms with Crippen molar-refractivity contribution in [2.45, 2.75) is 0 Å². The summed E-state index contributed by atoms with van der Waals surface area (Å²) in [6.07, 6.45) is 0. The van der Waals surface area contributed by atoms with Crippen molar-refractivity contribution in [1.82, 2.24) is 9.97 Å². The molecule has 17 heavy (non-hydrogen) atoms. The average molecular weight is 272 g/mol. The molecule has 0 saturated carbocycles. The summed E-state index contributed by atoms with van der Waals surface area (Å²) < 4.78 is 0. The fourth-order valence-electron chi connectivity index (χ4n) is 1.21. The van der Waals surface area contributed by atoms with Crippen LogP contribution in [0.15, 0.2) is 29.1 Å². The number of benzene rings is 1. The lowest BCUT2D eigenvalue weighted by molar-refractivity contribution is 0.452. The van der Waals surface area contributed by atoms with Crippen molar-refractivity contribution in [3.8, 4) is 5.88 Å². The maximum absolute atomic E-state index is 11.1. The molecule has 5 nitrogen and oxygen atoms in total. The van der Waals surface area contributed by atoms with Gasteiger partial charge >= 0.3 is 0 Å². The molecular weight excluding hydrogens is 265 g/mol. The van der Waals surface area contributed by atoms with Crippen molar-refractivity contribution in [2.75, 3.05) is 5.32 Å². The van der Waals surface area contributed by atoms with Crippen LogP contribution in [0, 0.1) is 0 Å². The molecule has 0 aliphatic rings. The first-order valence-corrected chi connectivity index (χ1v) is 5.32. The molecule has 0 radical (unpaired) electrons. The van der Waals surface area contributed by atoms with E-state index in [1.165, 1.54) is 0 Å². The summed E-state index contributed by atoms with van der Waals surface area (Å²) in [7, 11) is 0. The molecule has 0 atom stereocenters. The molecule has 0 spiro atoms. The van der Waals surface area contributed by atoms with E-state index in [1.54, 1.807) is 18.2 Å².